The number of hydrogen-bond donors (Lipinski definition) is 4. The molecule has 336 valence electrons. The molecule has 0 saturated carbocycles. The SMILES string of the molecule is Cc1ccc(-n2c(Br)nnc2SCC(=O)Nc2ccc(C(=O)O)cc2Cl)c2ccccc12.Cc1ccc(-n2c(Br)nnc2SCC(=O)Nc2ccc(S(N)(=O)=O)cc2Cl)c2c1CCCC2. The number of aromatic nitrogens is 6. The molecule has 0 spiro atoms. The van der Waals surface area contributed by atoms with Gasteiger partial charge in [-0.1, -0.05) is 83.1 Å². The normalized spacial score (nSPS) is 12.3. The Kier molecular flexibility index (Phi) is 15.4. The molecule has 5 N–H and O–H groups in total. The van der Waals surface area contributed by atoms with E-state index in [1.54, 1.807) is 0 Å². The van der Waals surface area contributed by atoms with Crippen molar-refractivity contribution >= 4 is 129 Å². The minimum Gasteiger partial charge on any atom is -0.478 e. The number of nitrogens with one attached hydrogen (secondary N) is 2. The Morgan fingerprint density at radius 2 is 1.23 bits per heavy atom. The van der Waals surface area contributed by atoms with Gasteiger partial charge in [-0.3, -0.25) is 18.7 Å². The summed E-state index contributed by atoms with van der Waals surface area (Å²) >= 11 is 21.6. The number of aryl methyl sites for hydroxylation is 2. The molecule has 65 heavy (non-hydrogen) atoms. The van der Waals surface area contributed by atoms with Crippen LogP contribution in [-0.2, 0) is 32.5 Å². The standard InChI is InChI=1S/C22H16BrClN4O3S.C21H21BrClN5O3S2/c1-12-6-9-18(15-5-3-2-4-14(12)15)28-21(23)26-27-22(28)32-11-19(29)25-17-8-7-13(20(30)31)10-16(17)24;1-12-6-9-18(15-5-3-2-4-14(12)15)28-20(22)26-27-21(28)32-11-19(29)25-17-8-7-13(10-16(17)23)33(24,30)31/h2-10H,11H2,1H3,(H,25,29)(H,30,31);6-10H,2-5,11H2,1H3,(H,25,29)(H2,24,30,31). The number of primary sulfonamides is 1. The molecule has 8 rings (SSSR count). The number of hydrogen-bond acceptors (Lipinski definition) is 11. The van der Waals surface area contributed by atoms with Crippen molar-refractivity contribution in [1.29, 1.82) is 0 Å². The number of halogens is 4. The number of nitrogens with two attached hydrogens (primary N) is 1. The van der Waals surface area contributed by atoms with Gasteiger partial charge >= 0.3 is 5.97 Å². The molecule has 7 aromatic rings. The lowest BCUT2D eigenvalue weighted by atomic mass is 9.87. The fraction of sp³-hybridized carbons (Fsp3) is 0.186. The average Bonchev–Trinajstić information content (AvgIpc) is 3.84. The van der Waals surface area contributed by atoms with Gasteiger partial charge in [-0.15, -0.1) is 20.4 Å². The quantitative estimate of drug-likeness (QED) is 0.0841. The van der Waals surface area contributed by atoms with E-state index >= 15 is 0 Å². The summed E-state index contributed by atoms with van der Waals surface area (Å²) in [5.41, 5.74) is 7.74. The van der Waals surface area contributed by atoms with Gasteiger partial charge in [0.05, 0.1) is 54.8 Å². The van der Waals surface area contributed by atoms with E-state index in [2.05, 4.69) is 94.9 Å². The maximum atomic E-state index is 12.5. The molecule has 1 aliphatic rings. The number of aromatic carboxylic acids is 1. The second-order valence-corrected chi connectivity index (χ2v) is 20.2. The Labute approximate surface area is 408 Å². The first-order valence-corrected chi connectivity index (χ1v) is 25.4. The van der Waals surface area contributed by atoms with E-state index in [0.717, 1.165) is 47.0 Å². The third-order valence-electron chi connectivity index (χ3n) is 10.2. The molecule has 2 amide bonds. The van der Waals surface area contributed by atoms with Crippen LogP contribution in [0.5, 0.6) is 0 Å². The number of carboxylic acids is 1. The highest BCUT2D eigenvalue weighted by molar-refractivity contribution is 9.10. The molecule has 0 atom stereocenters. The predicted molar refractivity (Wildman–Crippen MR) is 262 cm³/mol. The van der Waals surface area contributed by atoms with Crippen molar-refractivity contribution in [1.82, 2.24) is 29.5 Å². The fourth-order valence-electron chi connectivity index (χ4n) is 7.12. The van der Waals surface area contributed by atoms with Crippen LogP contribution in [0.2, 0.25) is 10.0 Å². The molecule has 0 unspecified atom stereocenters. The maximum Gasteiger partial charge on any atom is 0.335 e. The Morgan fingerprint density at radius 1 is 0.708 bits per heavy atom. The lowest BCUT2D eigenvalue weighted by molar-refractivity contribution is -0.114. The van der Waals surface area contributed by atoms with Crippen LogP contribution < -0.4 is 15.8 Å². The highest BCUT2D eigenvalue weighted by Crippen LogP contribution is 2.35. The number of sulfonamides is 1. The van der Waals surface area contributed by atoms with Gasteiger partial charge in [-0.2, -0.15) is 0 Å². The number of benzene rings is 5. The number of anilines is 2. The molecule has 2 aromatic heterocycles. The Morgan fingerprint density at radius 3 is 1.80 bits per heavy atom. The molecule has 0 radical (unpaired) electrons. The van der Waals surface area contributed by atoms with Crippen LogP contribution in [0, 0.1) is 13.8 Å². The summed E-state index contributed by atoms with van der Waals surface area (Å²) in [4.78, 5) is 35.9. The van der Waals surface area contributed by atoms with Crippen molar-refractivity contribution in [3.63, 3.8) is 0 Å². The van der Waals surface area contributed by atoms with Crippen LogP contribution in [0.15, 0.2) is 110 Å². The molecule has 22 heteroatoms. The van der Waals surface area contributed by atoms with Gasteiger partial charge in [0.1, 0.15) is 0 Å². The first-order chi connectivity index (χ1) is 31.0. The highest BCUT2D eigenvalue weighted by Gasteiger charge is 2.23. The summed E-state index contributed by atoms with van der Waals surface area (Å²) in [5.74, 6) is -1.59. The zero-order valence-corrected chi connectivity index (χ0v) is 41.4. The largest absolute Gasteiger partial charge is 0.478 e. The molecule has 0 bridgehead atoms. The van der Waals surface area contributed by atoms with Gasteiger partial charge in [0.2, 0.25) is 31.3 Å². The van der Waals surface area contributed by atoms with Crippen molar-refractivity contribution < 1.29 is 27.9 Å². The molecule has 0 aliphatic heterocycles. The third-order valence-corrected chi connectivity index (χ3v) is 14.7. The van der Waals surface area contributed by atoms with Gasteiger partial charge in [0.25, 0.3) is 0 Å². The van der Waals surface area contributed by atoms with Gasteiger partial charge in [0.15, 0.2) is 10.3 Å². The summed E-state index contributed by atoms with van der Waals surface area (Å²) in [6, 6.07) is 24.3. The van der Waals surface area contributed by atoms with Crippen LogP contribution in [0.25, 0.3) is 22.1 Å². The monoisotopic (exact) mass is 1100 g/mol. The fourth-order valence-corrected chi connectivity index (χ4v) is 10.8. The van der Waals surface area contributed by atoms with Crippen molar-refractivity contribution in [3.8, 4) is 11.4 Å². The van der Waals surface area contributed by atoms with Gasteiger partial charge in [-0.05, 0) is 148 Å². The van der Waals surface area contributed by atoms with Gasteiger partial charge in [0, 0.05) is 5.39 Å². The number of thioether (sulfide) groups is 2. The van der Waals surface area contributed by atoms with Crippen molar-refractivity contribution in [2.45, 2.75) is 54.7 Å². The first kappa shape index (κ1) is 48.1. The number of amides is 2. The van der Waals surface area contributed by atoms with E-state index in [-0.39, 0.29) is 43.8 Å². The molecule has 15 nitrogen and oxygen atoms in total. The zero-order valence-electron chi connectivity index (χ0n) is 34.3. The van der Waals surface area contributed by atoms with E-state index in [1.807, 2.05) is 39.5 Å². The first-order valence-electron chi connectivity index (χ1n) is 19.5. The summed E-state index contributed by atoms with van der Waals surface area (Å²) in [6.07, 6.45) is 4.38. The summed E-state index contributed by atoms with van der Waals surface area (Å²) in [5, 5.41) is 39.8. The average molecular weight is 1100 g/mol. The van der Waals surface area contributed by atoms with E-state index < -0.39 is 16.0 Å². The topological polar surface area (TPSA) is 217 Å². The number of nitrogens with zero attached hydrogens (tertiary/aromatic N) is 6. The summed E-state index contributed by atoms with van der Waals surface area (Å²) in [7, 11) is -3.88. The van der Waals surface area contributed by atoms with Gasteiger partial charge < -0.3 is 15.7 Å². The highest BCUT2D eigenvalue weighted by atomic mass is 79.9. The van der Waals surface area contributed by atoms with E-state index in [1.165, 1.54) is 83.0 Å². The summed E-state index contributed by atoms with van der Waals surface area (Å²) in [6.45, 7) is 4.19. The van der Waals surface area contributed by atoms with E-state index in [0.29, 0.717) is 31.2 Å². The maximum absolute atomic E-state index is 12.5. The predicted octanol–water partition coefficient (Wildman–Crippen LogP) is 9.82. The zero-order chi connectivity index (χ0) is 46.6. The minimum atomic E-state index is -3.88. The number of carbonyl (C=O) groups is 3. The Bertz CT molecular complexity index is 3120. The minimum absolute atomic E-state index is 0.0469. The third kappa shape index (κ3) is 11.3. The molecule has 0 fully saturated rings. The lowest BCUT2D eigenvalue weighted by Gasteiger charge is -2.22. The number of carboxylic acid groups (broad SMARTS) is 1. The van der Waals surface area contributed by atoms with Gasteiger partial charge in [-0.25, -0.2) is 18.4 Å². The molecule has 2 heterocycles. The molecule has 0 saturated heterocycles. The van der Waals surface area contributed by atoms with Crippen LogP contribution in [0.1, 0.15) is 45.5 Å². The van der Waals surface area contributed by atoms with Crippen molar-refractivity contribution in [2.75, 3.05) is 22.1 Å². The molecule has 5 aromatic carbocycles. The van der Waals surface area contributed by atoms with Crippen LogP contribution in [0.3, 0.4) is 0 Å². The number of rotatable bonds is 12. The smallest absolute Gasteiger partial charge is 0.335 e. The second kappa shape index (κ2) is 20.8. The van der Waals surface area contributed by atoms with E-state index in [9.17, 15) is 22.8 Å². The summed E-state index contributed by atoms with van der Waals surface area (Å²) < 4.78 is 27.8. The number of carbonyl (C=O) groups excluding carboxylic acids is 2. The Balaban J connectivity index is 0.000000194. The number of fused-ring (bicyclic) bond motifs is 2. The Hall–Kier alpha value is -4.80. The van der Waals surface area contributed by atoms with Crippen molar-refractivity contribution in [3.05, 3.63) is 132 Å². The molecule has 1 aliphatic carbocycles. The van der Waals surface area contributed by atoms with Crippen LogP contribution in [-0.4, -0.2) is 72.3 Å². The van der Waals surface area contributed by atoms with Crippen LogP contribution >= 0.6 is 78.6 Å². The molecular weight excluding hydrogens is 1070 g/mol. The van der Waals surface area contributed by atoms with E-state index in [4.69, 9.17) is 33.4 Å². The lowest BCUT2D eigenvalue weighted by Crippen LogP contribution is -2.16. The molecular formula is C43H37Br2Cl2N9O6S3. The van der Waals surface area contributed by atoms with Crippen LogP contribution in [0.4, 0.5) is 11.4 Å². The second-order valence-electron chi connectivity index (χ2n) is 14.5. The van der Waals surface area contributed by atoms with Crippen molar-refractivity contribution in [2.24, 2.45) is 5.14 Å².